The molecule has 0 aliphatic heterocycles. The molecule has 144 valence electrons. The van der Waals surface area contributed by atoms with Gasteiger partial charge in [-0.25, -0.2) is 9.18 Å². The lowest BCUT2D eigenvalue weighted by molar-refractivity contribution is -0.140. The molecule has 0 bridgehead atoms. The van der Waals surface area contributed by atoms with E-state index in [0.29, 0.717) is 11.9 Å². The van der Waals surface area contributed by atoms with E-state index in [2.05, 4.69) is 5.32 Å². The fourth-order valence-electron chi connectivity index (χ4n) is 3.06. The molecule has 2 atom stereocenters. The summed E-state index contributed by atoms with van der Waals surface area (Å²) in [6.07, 6.45) is 3.71. The highest BCUT2D eigenvalue weighted by atomic mass is 35.5. The predicted octanol–water partition coefficient (Wildman–Crippen LogP) is 3.36. The number of amides is 1. The number of halogens is 2. The third kappa shape index (κ3) is 3.69. The van der Waals surface area contributed by atoms with Crippen molar-refractivity contribution >= 4 is 34.4 Å². The number of nitrogens with zero attached hydrogens (tertiary/aromatic N) is 1. The number of carboxylic acid groups (broad SMARTS) is 1. The second kappa shape index (κ2) is 7.31. The van der Waals surface area contributed by atoms with Crippen LogP contribution in [0.25, 0.3) is 10.9 Å². The van der Waals surface area contributed by atoms with E-state index in [9.17, 15) is 23.9 Å². The number of pyridine rings is 1. The summed E-state index contributed by atoms with van der Waals surface area (Å²) in [7, 11) is 0. The van der Waals surface area contributed by atoms with Crippen LogP contribution in [0.5, 0.6) is 0 Å². The Morgan fingerprint density at radius 3 is 2.63 bits per heavy atom. The van der Waals surface area contributed by atoms with E-state index in [4.69, 9.17) is 11.6 Å². The van der Waals surface area contributed by atoms with Crippen molar-refractivity contribution in [1.82, 2.24) is 9.88 Å². The van der Waals surface area contributed by atoms with Crippen LogP contribution < -0.4 is 10.7 Å². The van der Waals surface area contributed by atoms with E-state index in [1.807, 2.05) is 6.92 Å². The quantitative estimate of drug-likeness (QED) is 0.786. The van der Waals surface area contributed by atoms with E-state index in [1.165, 1.54) is 12.3 Å². The van der Waals surface area contributed by atoms with Gasteiger partial charge in [0.2, 0.25) is 5.43 Å². The first-order valence-corrected chi connectivity index (χ1v) is 9.20. The van der Waals surface area contributed by atoms with Crippen molar-refractivity contribution < 1.29 is 19.1 Å². The molecular formula is C19H20ClFN2O4. The molecule has 2 aromatic rings. The lowest BCUT2D eigenvalue weighted by Gasteiger charge is -2.20. The number of aliphatic carboxylic acids is 1. The number of fused-ring (bicyclic) bond motifs is 1. The van der Waals surface area contributed by atoms with Crippen molar-refractivity contribution in [3.05, 3.63) is 45.0 Å². The van der Waals surface area contributed by atoms with Crippen molar-refractivity contribution in [1.29, 1.82) is 0 Å². The minimum absolute atomic E-state index is 0.0480. The monoisotopic (exact) mass is 394 g/mol. The summed E-state index contributed by atoms with van der Waals surface area (Å²) in [4.78, 5) is 36.9. The molecule has 6 nitrogen and oxygen atoms in total. The maximum Gasteiger partial charge on any atom is 0.326 e. The molecule has 0 saturated heterocycles. The molecule has 1 amide bonds. The van der Waals surface area contributed by atoms with E-state index in [-0.39, 0.29) is 27.9 Å². The van der Waals surface area contributed by atoms with Crippen molar-refractivity contribution in [2.45, 2.75) is 45.2 Å². The van der Waals surface area contributed by atoms with Crippen LogP contribution in [-0.4, -0.2) is 27.6 Å². The van der Waals surface area contributed by atoms with Gasteiger partial charge < -0.3 is 15.0 Å². The van der Waals surface area contributed by atoms with Gasteiger partial charge in [0.15, 0.2) is 0 Å². The van der Waals surface area contributed by atoms with E-state index < -0.39 is 29.2 Å². The Kier molecular flexibility index (Phi) is 5.24. The Morgan fingerprint density at radius 2 is 2.07 bits per heavy atom. The Hall–Kier alpha value is -2.41. The second-order valence-corrected chi connectivity index (χ2v) is 7.38. The highest BCUT2D eigenvalue weighted by Crippen LogP contribution is 2.37. The lowest BCUT2D eigenvalue weighted by Crippen LogP contribution is -2.46. The maximum absolute atomic E-state index is 13.9. The average Bonchev–Trinajstić information content (AvgIpc) is 3.45. The Labute approximate surface area is 159 Å². The van der Waals surface area contributed by atoms with E-state index in [0.717, 1.165) is 18.9 Å². The molecule has 27 heavy (non-hydrogen) atoms. The van der Waals surface area contributed by atoms with Crippen molar-refractivity contribution in [3.63, 3.8) is 0 Å². The van der Waals surface area contributed by atoms with Crippen LogP contribution in [0, 0.1) is 11.7 Å². The number of carbonyl (C=O) groups excluding carboxylic acids is 1. The van der Waals surface area contributed by atoms with Crippen molar-refractivity contribution in [2.75, 3.05) is 0 Å². The third-order valence-electron chi connectivity index (χ3n) is 5.02. The molecule has 1 fully saturated rings. The number of aromatic nitrogens is 1. The molecule has 0 radical (unpaired) electrons. The maximum atomic E-state index is 13.9. The zero-order chi connectivity index (χ0) is 19.9. The van der Waals surface area contributed by atoms with Crippen LogP contribution in [-0.2, 0) is 4.79 Å². The molecule has 1 aromatic carbocycles. The Morgan fingerprint density at radius 1 is 1.41 bits per heavy atom. The van der Waals surface area contributed by atoms with Gasteiger partial charge in [-0.05, 0) is 30.9 Å². The molecule has 8 heteroatoms. The minimum Gasteiger partial charge on any atom is -0.480 e. The molecular weight excluding hydrogens is 375 g/mol. The SMILES string of the molecule is CC[C@H](C)[C@H](NC(=O)c1cn(C2CC2)c2cc(Cl)c(F)cc2c1=O)C(=O)O. The van der Waals surface area contributed by atoms with Gasteiger partial charge in [0.25, 0.3) is 5.91 Å². The number of hydrogen-bond acceptors (Lipinski definition) is 3. The van der Waals surface area contributed by atoms with Crippen LogP contribution in [0.3, 0.4) is 0 Å². The topological polar surface area (TPSA) is 88.4 Å². The summed E-state index contributed by atoms with van der Waals surface area (Å²) in [6, 6.07) is 1.39. The van der Waals surface area contributed by atoms with Crippen LogP contribution in [0.2, 0.25) is 5.02 Å². The van der Waals surface area contributed by atoms with E-state index >= 15 is 0 Å². The van der Waals surface area contributed by atoms with Gasteiger partial charge in [-0.1, -0.05) is 31.9 Å². The van der Waals surface area contributed by atoms with Gasteiger partial charge in [-0.15, -0.1) is 0 Å². The largest absolute Gasteiger partial charge is 0.480 e. The highest BCUT2D eigenvalue weighted by Gasteiger charge is 2.30. The number of benzene rings is 1. The van der Waals surface area contributed by atoms with Gasteiger partial charge in [-0.2, -0.15) is 0 Å². The number of hydrogen-bond donors (Lipinski definition) is 2. The lowest BCUT2D eigenvalue weighted by atomic mass is 9.99. The summed E-state index contributed by atoms with van der Waals surface area (Å²) >= 11 is 5.86. The second-order valence-electron chi connectivity index (χ2n) is 6.97. The van der Waals surface area contributed by atoms with Crippen LogP contribution in [0.15, 0.2) is 23.1 Å². The number of nitrogens with one attached hydrogen (secondary N) is 1. The summed E-state index contributed by atoms with van der Waals surface area (Å²) in [6.45, 7) is 3.52. The number of carbonyl (C=O) groups is 2. The van der Waals surface area contributed by atoms with Crippen LogP contribution in [0.1, 0.15) is 49.5 Å². The molecule has 1 aliphatic carbocycles. The van der Waals surface area contributed by atoms with Crippen molar-refractivity contribution in [3.8, 4) is 0 Å². The highest BCUT2D eigenvalue weighted by molar-refractivity contribution is 6.31. The summed E-state index contributed by atoms with van der Waals surface area (Å²) < 4.78 is 15.7. The predicted molar refractivity (Wildman–Crippen MR) is 99.8 cm³/mol. The van der Waals surface area contributed by atoms with E-state index in [1.54, 1.807) is 11.5 Å². The molecule has 1 aliphatic rings. The summed E-state index contributed by atoms with van der Waals surface area (Å²) in [5.41, 5.74) is -0.393. The molecule has 0 unspecified atom stereocenters. The number of carboxylic acids is 1. The third-order valence-corrected chi connectivity index (χ3v) is 5.31. The van der Waals surface area contributed by atoms with Gasteiger partial charge in [-0.3, -0.25) is 9.59 Å². The minimum atomic E-state index is -1.17. The zero-order valence-corrected chi connectivity index (χ0v) is 15.7. The molecule has 1 aromatic heterocycles. The number of rotatable bonds is 6. The Balaban J connectivity index is 2.10. The first kappa shape index (κ1) is 19.4. The van der Waals surface area contributed by atoms with Gasteiger partial charge >= 0.3 is 5.97 Å². The Bertz CT molecular complexity index is 984. The van der Waals surface area contributed by atoms with Crippen LogP contribution >= 0.6 is 11.6 Å². The summed E-state index contributed by atoms with van der Waals surface area (Å²) in [5.74, 6) is -3.00. The van der Waals surface area contributed by atoms with Crippen LogP contribution in [0.4, 0.5) is 4.39 Å². The molecule has 3 rings (SSSR count). The van der Waals surface area contributed by atoms with Gasteiger partial charge in [0.1, 0.15) is 17.4 Å². The molecule has 1 saturated carbocycles. The smallest absolute Gasteiger partial charge is 0.326 e. The molecule has 1 heterocycles. The zero-order valence-electron chi connectivity index (χ0n) is 15.0. The van der Waals surface area contributed by atoms with Crippen molar-refractivity contribution in [2.24, 2.45) is 5.92 Å². The normalized spacial score (nSPS) is 16.1. The molecule has 2 N–H and O–H groups in total. The fourth-order valence-corrected chi connectivity index (χ4v) is 3.22. The fraction of sp³-hybridized carbons (Fsp3) is 0.421. The standard InChI is InChI=1S/C19H20ClFN2O4/c1-3-9(2)16(19(26)27)22-18(25)12-8-23(10-4-5-10)15-7-13(20)14(21)6-11(15)17(12)24/h6-10,16H,3-5H2,1-2H3,(H,22,25)(H,26,27)/t9-,16-/m0/s1. The van der Waals surface area contributed by atoms with Gasteiger partial charge in [0, 0.05) is 17.6 Å². The first-order chi connectivity index (χ1) is 12.7. The first-order valence-electron chi connectivity index (χ1n) is 8.82. The van der Waals surface area contributed by atoms with Gasteiger partial charge in [0.05, 0.1) is 10.5 Å². The average molecular weight is 395 g/mol. The molecule has 0 spiro atoms. The summed E-state index contributed by atoms with van der Waals surface area (Å²) in [5, 5.41) is 11.7.